The van der Waals surface area contributed by atoms with Gasteiger partial charge in [-0.3, -0.25) is 19.4 Å². The number of carbonyl (C=O) groups excluding carboxylic acids is 4. The summed E-state index contributed by atoms with van der Waals surface area (Å²) in [6.07, 6.45) is 3.04. The monoisotopic (exact) mass is 571 g/mol. The molecular weight excluding hydrogens is 545 g/mol. The molecular formula is C27H27Cl2N5O5. The number of hydrogen-bond donors (Lipinski definition) is 4. The lowest BCUT2D eigenvalue weighted by atomic mass is 10.1. The van der Waals surface area contributed by atoms with Crippen molar-refractivity contribution in [3.63, 3.8) is 0 Å². The van der Waals surface area contributed by atoms with Gasteiger partial charge in [0.15, 0.2) is 0 Å². The number of nitrogens with zero attached hydrogens (tertiary/aromatic N) is 1. The van der Waals surface area contributed by atoms with E-state index >= 15 is 0 Å². The first-order chi connectivity index (χ1) is 18.7. The first kappa shape index (κ1) is 29.4. The molecule has 0 radical (unpaired) electrons. The topological polar surface area (TPSA) is 139 Å². The first-order valence-corrected chi connectivity index (χ1v) is 12.7. The molecule has 0 aliphatic rings. The minimum atomic E-state index is -0.670. The maximum Gasteiger partial charge on any atom is 0.319 e. The molecule has 0 bridgehead atoms. The lowest BCUT2D eigenvalue weighted by molar-refractivity contribution is -0.143. The second kappa shape index (κ2) is 14.7. The number of urea groups is 1. The zero-order valence-electron chi connectivity index (χ0n) is 21.0. The second-order valence-corrected chi connectivity index (χ2v) is 9.14. The minimum Gasteiger partial charge on any atom is -0.466 e. The fourth-order valence-electron chi connectivity index (χ4n) is 3.54. The van der Waals surface area contributed by atoms with Crippen LogP contribution in [0.2, 0.25) is 10.0 Å². The molecule has 0 spiro atoms. The van der Waals surface area contributed by atoms with E-state index in [0.29, 0.717) is 21.3 Å². The van der Waals surface area contributed by atoms with E-state index in [1.165, 1.54) is 6.07 Å². The third-order valence-electron chi connectivity index (χ3n) is 5.27. The highest BCUT2D eigenvalue weighted by atomic mass is 35.5. The van der Waals surface area contributed by atoms with Crippen LogP contribution < -0.4 is 21.3 Å². The molecule has 4 amide bonds. The van der Waals surface area contributed by atoms with Crippen LogP contribution in [0.4, 0.5) is 10.5 Å². The lowest BCUT2D eigenvalue weighted by Gasteiger charge is -2.18. The normalized spacial score (nSPS) is 11.2. The van der Waals surface area contributed by atoms with Crippen LogP contribution in [0.5, 0.6) is 0 Å². The summed E-state index contributed by atoms with van der Waals surface area (Å²) in [6, 6.07) is 13.5. The zero-order valence-corrected chi connectivity index (χ0v) is 22.5. The number of halogens is 2. The molecule has 0 fully saturated rings. The van der Waals surface area contributed by atoms with E-state index in [1.807, 2.05) is 0 Å². The average molecular weight is 572 g/mol. The summed E-state index contributed by atoms with van der Waals surface area (Å²) in [7, 11) is 0. The molecule has 1 aromatic heterocycles. The number of pyridine rings is 1. The smallest absolute Gasteiger partial charge is 0.319 e. The molecule has 3 aromatic rings. The van der Waals surface area contributed by atoms with Gasteiger partial charge in [0.1, 0.15) is 0 Å². The number of aromatic nitrogens is 1. The maximum atomic E-state index is 12.7. The van der Waals surface area contributed by atoms with Crippen molar-refractivity contribution in [1.29, 1.82) is 0 Å². The van der Waals surface area contributed by atoms with Crippen molar-refractivity contribution in [3.8, 4) is 0 Å². The maximum absolute atomic E-state index is 12.7. The fourth-order valence-corrected chi connectivity index (χ4v) is 4.11. The van der Waals surface area contributed by atoms with E-state index < -0.39 is 29.9 Å². The van der Waals surface area contributed by atoms with Crippen molar-refractivity contribution in [2.45, 2.75) is 25.9 Å². The van der Waals surface area contributed by atoms with Crippen LogP contribution >= 0.6 is 23.2 Å². The van der Waals surface area contributed by atoms with E-state index in [9.17, 15) is 19.2 Å². The van der Waals surface area contributed by atoms with E-state index in [4.69, 9.17) is 27.9 Å². The number of rotatable bonds is 11. The minimum absolute atomic E-state index is 0.0840. The number of hydrogen-bond acceptors (Lipinski definition) is 6. The number of esters is 1. The van der Waals surface area contributed by atoms with Crippen LogP contribution in [0.1, 0.15) is 40.9 Å². The molecule has 0 aliphatic carbocycles. The Bertz CT molecular complexity index is 1300. The molecule has 1 heterocycles. The Morgan fingerprint density at radius 1 is 0.974 bits per heavy atom. The summed E-state index contributed by atoms with van der Waals surface area (Å²) < 4.78 is 4.99. The fraction of sp³-hybridized carbons (Fsp3) is 0.222. The Labute approximate surface area is 235 Å². The van der Waals surface area contributed by atoms with Gasteiger partial charge in [0.25, 0.3) is 5.91 Å². The van der Waals surface area contributed by atoms with E-state index in [-0.39, 0.29) is 31.7 Å². The summed E-state index contributed by atoms with van der Waals surface area (Å²) in [4.78, 5) is 53.6. The highest BCUT2D eigenvalue weighted by Crippen LogP contribution is 2.19. The zero-order chi connectivity index (χ0) is 28.2. The summed E-state index contributed by atoms with van der Waals surface area (Å²) in [5.41, 5.74) is 1.96. The van der Waals surface area contributed by atoms with Crippen molar-refractivity contribution in [3.05, 3.63) is 93.7 Å². The Kier molecular flexibility index (Phi) is 11.1. The SMILES string of the molecule is CCOC(=O)CC(NC(=O)CNC(=O)c1cccc(NC(=O)NCc2cc(Cl)cc(Cl)c2)c1)c1cccnc1. The Morgan fingerprint density at radius 2 is 1.74 bits per heavy atom. The van der Waals surface area contributed by atoms with Crippen molar-refractivity contribution in [2.24, 2.45) is 0 Å². The molecule has 39 heavy (non-hydrogen) atoms. The van der Waals surface area contributed by atoms with Crippen molar-refractivity contribution < 1.29 is 23.9 Å². The predicted molar refractivity (Wildman–Crippen MR) is 147 cm³/mol. The molecule has 4 N–H and O–H groups in total. The standard InChI is InChI=1S/C27H27Cl2N5O5/c1-2-39-25(36)13-23(19-6-4-8-30-15-19)34-24(35)16-31-26(37)18-5-3-7-22(11-18)33-27(38)32-14-17-9-20(28)12-21(29)10-17/h3-12,15,23H,2,13-14,16H2,1H3,(H,31,37)(H,34,35)(H2,32,33,38). The van der Waals surface area contributed by atoms with E-state index in [0.717, 1.165) is 5.56 Å². The molecule has 10 nitrogen and oxygen atoms in total. The van der Waals surface area contributed by atoms with Crippen LogP contribution in [0.3, 0.4) is 0 Å². The number of nitrogens with one attached hydrogen (secondary N) is 4. The molecule has 1 unspecified atom stereocenters. The van der Waals surface area contributed by atoms with E-state index in [1.54, 1.807) is 67.8 Å². The largest absolute Gasteiger partial charge is 0.466 e. The van der Waals surface area contributed by atoms with Crippen LogP contribution in [0, 0.1) is 0 Å². The van der Waals surface area contributed by atoms with Gasteiger partial charge in [-0.05, 0) is 60.5 Å². The molecule has 1 atom stereocenters. The van der Waals surface area contributed by atoms with E-state index in [2.05, 4.69) is 26.3 Å². The number of benzene rings is 2. The Hall–Kier alpha value is -4.15. The van der Waals surface area contributed by atoms with Crippen molar-refractivity contribution in [1.82, 2.24) is 20.9 Å². The van der Waals surface area contributed by atoms with Crippen molar-refractivity contribution >= 4 is 52.7 Å². The quantitative estimate of drug-likeness (QED) is 0.254. The molecule has 3 rings (SSSR count). The van der Waals surface area contributed by atoms with Gasteiger partial charge in [0.2, 0.25) is 5.91 Å². The summed E-state index contributed by atoms with van der Waals surface area (Å²) in [6.45, 7) is 1.77. The summed E-state index contributed by atoms with van der Waals surface area (Å²) in [5.74, 6) is -1.50. The second-order valence-electron chi connectivity index (χ2n) is 8.26. The average Bonchev–Trinajstić information content (AvgIpc) is 2.90. The third kappa shape index (κ3) is 9.91. The third-order valence-corrected chi connectivity index (χ3v) is 5.70. The molecule has 204 valence electrons. The highest BCUT2D eigenvalue weighted by Gasteiger charge is 2.20. The van der Waals surface area contributed by atoms with Gasteiger partial charge in [-0.1, -0.05) is 35.3 Å². The lowest BCUT2D eigenvalue weighted by Crippen LogP contribution is -2.39. The number of amides is 4. The number of anilines is 1. The van der Waals surface area contributed by atoms with Gasteiger partial charge in [0.05, 0.1) is 25.6 Å². The van der Waals surface area contributed by atoms with Crippen molar-refractivity contribution in [2.75, 3.05) is 18.5 Å². The van der Waals surface area contributed by atoms with Gasteiger partial charge in [-0.15, -0.1) is 0 Å². The van der Waals surface area contributed by atoms with Gasteiger partial charge >= 0.3 is 12.0 Å². The van der Waals surface area contributed by atoms with Crippen LogP contribution in [-0.2, 0) is 20.9 Å². The van der Waals surface area contributed by atoms with Gasteiger partial charge in [0, 0.05) is 40.2 Å². The van der Waals surface area contributed by atoms with Gasteiger partial charge in [-0.2, -0.15) is 0 Å². The molecule has 0 aliphatic heterocycles. The summed E-state index contributed by atoms with van der Waals surface area (Å²) >= 11 is 11.9. The Morgan fingerprint density at radius 3 is 2.44 bits per heavy atom. The molecule has 0 saturated heterocycles. The predicted octanol–water partition coefficient (Wildman–Crippen LogP) is 4.25. The first-order valence-electron chi connectivity index (χ1n) is 12.0. The van der Waals surface area contributed by atoms with Crippen LogP contribution in [-0.4, -0.2) is 42.0 Å². The van der Waals surface area contributed by atoms with Crippen LogP contribution in [0.25, 0.3) is 0 Å². The Balaban J connectivity index is 1.52. The molecule has 2 aromatic carbocycles. The number of ether oxygens (including phenoxy) is 1. The molecule has 12 heteroatoms. The van der Waals surface area contributed by atoms with Crippen LogP contribution in [0.15, 0.2) is 67.0 Å². The highest BCUT2D eigenvalue weighted by molar-refractivity contribution is 6.34. The van der Waals surface area contributed by atoms with Gasteiger partial charge in [-0.25, -0.2) is 4.79 Å². The molecule has 0 saturated carbocycles. The summed E-state index contributed by atoms with van der Waals surface area (Å²) in [5, 5.41) is 11.5. The van der Waals surface area contributed by atoms with Gasteiger partial charge < -0.3 is 26.0 Å². The number of carbonyl (C=O) groups is 4.